The number of hydrogen-bond acceptors (Lipinski definition) is 4. The van der Waals surface area contributed by atoms with Crippen LogP contribution in [-0.4, -0.2) is 41.5 Å². The van der Waals surface area contributed by atoms with E-state index in [4.69, 9.17) is 5.73 Å². The fourth-order valence-electron chi connectivity index (χ4n) is 2.36. The molecule has 0 spiro atoms. The lowest BCUT2D eigenvalue weighted by Crippen LogP contribution is -2.47. The Hall–Kier alpha value is -1.69. The van der Waals surface area contributed by atoms with Gasteiger partial charge in [0.2, 0.25) is 0 Å². The van der Waals surface area contributed by atoms with Crippen molar-refractivity contribution in [3.63, 3.8) is 0 Å². The molecular formula is C13H19FN4O. The number of aromatic nitrogens is 1. The summed E-state index contributed by atoms with van der Waals surface area (Å²) >= 11 is 0. The van der Waals surface area contributed by atoms with Crippen LogP contribution in [0.25, 0.3) is 0 Å². The van der Waals surface area contributed by atoms with E-state index < -0.39 is 11.7 Å². The number of carbonyl (C=O) groups is 1. The summed E-state index contributed by atoms with van der Waals surface area (Å²) in [6.07, 6.45) is 3.30. The molecule has 3 N–H and O–H groups in total. The van der Waals surface area contributed by atoms with Crippen molar-refractivity contribution in [3.8, 4) is 0 Å². The standard InChI is InChI=1S/C13H19FN4O/c1-2-18-7-3-4-9(8-18)17-13(19)10-5-6-16-12(15)11(10)14/h5-6,9H,2-4,7-8H2,1H3,(H2,15,16)(H,17,19). The predicted octanol–water partition coefficient (Wildman–Crippen LogP) is 1.02. The van der Waals surface area contributed by atoms with Gasteiger partial charge in [0, 0.05) is 18.8 Å². The van der Waals surface area contributed by atoms with Crippen molar-refractivity contribution < 1.29 is 9.18 Å². The molecule has 0 radical (unpaired) electrons. The van der Waals surface area contributed by atoms with Crippen LogP contribution in [0.1, 0.15) is 30.1 Å². The van der Waals surface area contributed by atoms with Crippen molar-refractivity contribution in [2.45, 2.75) is 25.8 Å². The maximum atomic E-state index is 13.7. The van der Waals surface area contributed by atoms with Crippen LogP contribution in [-0.2, 0) is 0 Å². The van der Waals surface area contributed by atoms with Gasteiger partial charge in [-0.1, -0.05) is 6.92 Å². The van der Waals surface area contributed by atoms with Crippen molar-refractivity contribution in [2.24, 2.45) is 0 Å². The van der Waals surface area contributed by atoms with E-state index in [1.54, 1.807) is 0 Å². The Morgan fingerprint density at radius 3 is 3.21 bits per heavy atom. The summed E-state index contributed by atoms with van der Waals surface area (Å²) in [5, 5.41) is 2.86. The molecule has 2 rings (SSSR count). The number of piperidine rings is 1. The normalized spacial score (nSPS) is 20.2. The molecule has 1 aromatic rings. The van der Waals surface area contributed by atoms with E-state index in [0.717, 1.165) is 32.5 Å². The Morgan fingerprint density at radius 2 is 2.47 bits per heavy atom. The molecule has 1 aromatic heterocycles. The largest absolute Gasteiger partial charge is 0.381 e. The molecule has 104 valence electrons. The van der Waals surface area contributed by atoms with Crippen molar-refractivity contribution in [1.29, 1.82) is 0 Å². The second-order valence-corrected chi connectivity index (χ2v) is 4.76. The number of nitrogens with one attached hydrogen (secondary N) is 1. The summed E-state index contributed by atoms with van der Waals surface area (Å²) < 4.78 is 13.7. The minimum Gasteiger partial charge on any atom is -0.381 e. The Balaban J connectivity index is 2.02. The zero-order chi connectivity index (χ0) is 13.8. The van der Waals surface area contributed by atoms with Gasteiger partial charge in [-0.3, -0.25) is 4.79 Å². The van der Waals surface area contributed by atoms with Crippen molar-refractivity contribution >= 4 is 11.7 Å². The number of likely N-dealkylation sites (tertiary alicyclic amines) is 1. The molecule has 1 saturated heterocycles. The Bertz CT molecular complexity index is 466. The number of likely N-dealkylation sites (N-methyl/N-ethyl adjacent to an activating group) is 1. The quantitative estimate of drug-likeness (QED) is 0.856. The Kier molecular flexibility index (Phi) is 4.31. The lowest BCUT2D eigenvalue weighted by atomic mass is 10.1. The van der Waals surface area contributed by atoms with Gasteiger partial charge < -0.3 is 16.0 Å². The Labute approximate surface area is 112 Å². The summed E-state index contributed by atoms with van der Waals surface area (Å²) in [5.41, 5.74) is 5.32. The van der Waals surface area contributed by atoms with Crippen LogP contribution in [0.15, 0.2) is 12.3 Å². The monoisotopic (exact) mass is 266 g/mol. The zero-order valence-electron chi connectivity index (χ0n) is 11.0. The molecule has 19 heavy (non-hydrogen) atoms. The molecule has 1 aliphatic rings. The highest BCUT2D eigenvalue weighted by Crippen LogP contribution is 2.14. The number of rotatable bonds is 3. The second kappa shape index (κ2) is 5.97. The third-order valence-electron chi connectivity index (χ3n) is 3.45. The first-order valence-electron chi connectivity index (χ1n) is 6.55. The number of amides is 1. The summed E-state index contributed by atoms with van der Waals surface area (Å²) in [6, 6.07) is 1.41. The van der Waals surface area contributed by atoms with Crippen molar-refractivity contribution in [3.05, 3.63) is 23.6 Å². The smallest absolute Gasteiger partial charge is 0.254 e. The van der Waals surface area contributed by atoms with Gasteiger partial charge in [0.25, 0.3) is 5.91 Å². The highest BCUT2D eigenvalue weighted by molar-refractivity contribution is 5.95. The first-order chi connectivity index (χ1) is 9.11. The third kappa shape index (κ3) is 3.20. The van der Waals surface area contributed by atoms with Gasteiger partial charge in [-0.05, 0) is 32.0 Å². The molecule has 0 aliphatic carbocycles. The maximum Gasteiger partial charge on any atom is 0.254 e. The number of nitrogen functional groups attached to an aromatic ring is 1. The SMILES string of the molecule is CCN1CCCC(NC(=O)c2ccnc(N)c2F)C1. The third-order valence-corrected chi connectivity index (χ3v) is 3.45. The minimum atomic E-state index is -0.747. The highest BCUT2D eigenvalue weighted by Gasteiger charge is 2.22. The first-order valence-corrected chi connectivity index (χ1v) is 6.55. The maximum absolute atomic E-state index is 13.7. The molecule has 6 heteroatoms. The number of nitrogens with two attached hydrogens (primary N) is 1. The van der Waals surface area contributed by atoms with E-state index in [2.05, 4.69) is 22.1 Å². The van der Waals surface area contributed by atoms with Crippen LogP contribution < -0.4 is 11.1 Å². The minimum absolute atomic E-state index is 0.0406. The van der Waals surface area contributed by atoms with Gasteiger partial charge in [-0.25, -0.2) is 9.37 Å². The molecule has 2 heterocycles. The molecule has 0 aromatic carbocycles. The topological polar surface area (TPSA) is 71.2 Å². The van der Waals surface area contributed by atoms with Gasteiger partial charge in [0.1, 0.15) is 0 Å². The van der Waals surface area contributed by atoms with E-state index in [1.165, 1.54) is 12.3 Å². The first kappa shape index (κ1) is 13.7. The number of nitrogens with zero attached hydrogens (tertiary/aromatic N) is 2. The fourth-order valence-corrected chi connectivity index (χ4v) is 2.36. The average molecular weight is 266 g/mol. The van der Waals surface area contributed by atoms with Gasteiger partial charge in [-0.2, -0.15) is 0 Å². The van der Waals surface area contributed by atoms with Gasteiger partial charge in [0.15, 0.2) is 11.6 Å². The van der Waals surface area contributed by atoms with E-state index >= 15 is 0 Å². The molecular weight excluding hydrogens is 247 g/mol. The molecule has 1 aliphatic heterocycles. The van der Waals surface area contributed by atoms with E-state index in [-0.39, 0.29) is 17.4 Å². The molecule has 0 saturated carbocycles. The van der Waals surface area contributed by atoms with E-state index in [0.29, 0.717) is 0 Å². The fraction of sp³-hybridized carbons (Fsp3) is 0.538. The molecule has 1 fully saturated rings. The summed E-state index contributed by atoms with van der Waals surface area (Å²) in [5.74, 6) is -1.41. The second-order valence-electron chi connectivity index (χ2n) is 4.76. The molecule has 0 bridgehead atoms. The van der Waals surface area contributed by atoms with Crippen LogP contribution in [0.4, 0.5) is 10.2 Å². The van der Waals surface area contributed by atoms with Crippen LogP contribution in [0.2, 0.25) is 0 Å². The van der Waals surface area contributed by atoms with Crippen LogP contribution in [0.5, 0.6) is 0 Å². The summed E-state index contributed by atoms with van der Waals surface area (Å²) in [7, 11) is 0. The zero-order valence-corrected chi connectivity index (χ0v) is 11.0. The molecule has 1 atom stereocenters. The number of hydrogen-bond donors (Lipinski definition) is 2. The van der Waals surface area contributed by atoms with E-state index in [9.17, 15) is 9.18 Å². The number of anilines is 1. The van der Waals surface area contributed by atoms with E-state index in [1.807, 2.05) is 0 Å². The van der Waals surface area contributed by atoms with Crippen LogP contribution >= 0.6 is 0 Å². The molecule has 1 unspecified atom stereocenters. The van der Waals surface area contributed by atoms with Crippen LogP contribution in [0, 0.1) is 5.82 Å². The van der Waals surface area contributed by atoms with Crippen molar-refractivity contribution in [2.75, 3.05) is 25.4 Å². The number of pyridine rings is 1. The summed E-state index contributed by atoms with van der Waals surface area (Å²) in [4.78, 5) is 17.9. The number of halogens is 1. The lowest BCUT2D eigenvalue weighted by molar-refractivity contribution is 0.0901. The molecule has 1 amide bonds. The van der Waals surface area contributed by atoms with Gasteiger partial charge in [0.05, 0.1) is 5.56 Å². The van der Waals surface area contributed by atoms with Gasteiger partial charge in [-0.15, -0.1) is 0 Å². The summed E-state index contributed by atoms with van der Waals surface area (Å²) in [6.45, 7) is 4.92. The average Bonchev–Trinajstić information content (AvgIpc) is 2.42. The highest BCUT2D eigenvalue weighted by atomic mass is 19.1. The van der Waals surface area contributed by atoms with Gasteiger partial charge >= 0.3 is 0 Å². The Morgan fingerprint density at radius 1 is 1.68 bits per heavy atom. The number of carbonyl (C=O) groups excluding carboxylic acids is 1. The lowest BCUT2D eigenvalue weighted by Gasteiger charge is -2.32. The predicted molar refractivity (Wildman–Crippen MR) is 71.2 cm³/mol. The molecule has 5 nitrogen and oxygen atoms in total. The van der Waals surface area contributed by atoms with Crippen LogP contribution in [0.3, 0.4) is 0 Å². The van der Waals surface area contributed by atoms with Crippen molar-refractivity contribution in [1.82, 2.24) is 15.2 Å².